The number of halogens is 3. The number of rotatable bonds is 7. The number of nitrogens with one attached hydrogen (secondary N) is 2. The Kier molecular flexibility index (Phi) is 9.55. The minimum absolute atomic E-state index is 0. The van der Waals surface area contributed by atoms with Gasteiger partial charge >= 0.3 is 0 Å². The third kappa shape index (κ3) is 6.73. The normalized spacial score (nSPS) is 22.9. The van der Waals surface area contributed by atoms with Crippen LogP contribution in [0.4, 0.5) is 4.39 Å². The van der Waals surface area contributed by atoms with Crippen LogP contribution in [0, 0.1) is 5.82 Å². The molecule has 2 aliphatic rings. The highest BCUT2D eigenvalue weighted by Crippen LogP contribution is 2.44. The largest absolute Gasteiger partial charge is 0.379 e. The van der Waals surface area contributed by atoms with Crippen molar-refractivity contribution in [1.82, 2.24) is 15.5 Å². The first-order valence-corrected chi connectivity index (χ1v) is 9.85. The van der Waals surface area contributed by atoms with Crippen LogP contribution in [0.1, 0.15) is 31.2 Å². The molecule has 0 amide bonds. The molecule has 8 heteroatoms. The van der Waals surface area contributed by atoms with E-state index >= 15 is 0 Å². The summed E-state index contributed by atoms with van der Waals surface area (Å²) in [4.78, 5) is 7.07. The summed E-state index contributed by atoms with van der Waals surface area (Å²) in [6.07, 6.45) is 1.89. The van der Waals surface area contributed by atoms with Gasteiger partial charge in [0.25, 0.3) is 0 Å². The fraction of sp³-hybridized carbons (Fsp3) is 0.632. The van der Waals surface area contributed by atoms with Gasteiger partial charge < -0.3 is 15.4 Å². The zero-order valence-corrected chi connectivity index (χ0v) is 18.8. The zero-order valence-electron chi connectivity index (χ0n) is 15.7. The van der Waals surface area contributed by atoms with Crippen LogP contribution in [0.5, 0.6) is 0 Å². The van der Waals surface area contributed by atoms with E-state index in [-0.39, 0.29) is 41.8 Å². The van der Waals surface area contributed by atoms with Crippen LogP contribution >= 0.6 is 35.6 Å². The molecule has 5 nitrogen and oxygen atoms in total. The molecule has 2 unspecified atom stereocenters. The van der Waals surface area contributed by atoms with Gasteiger partial charge in [-0.2, -0.15) is 0 Å². The van der Waals surface area contributed by atoms with Crippen LogP contribution in [0.2, 0.25) is 5.02 Å². The van der Waals surface area contributed by atoms with Crippen molar-refractivity contribution in [2.24, 2.45) is 4.99 Å². The second kappa shape index (κ2) is 11.4. The molecule has 2 fully saturated rings. The van der Waals surface area contributed by atoms with Gasteiger partial charge in [-0.05, 0) is 31.9 Å². The molecule has 0 aromatic heterocycles. The molecule has 27 heavy (non-hydrogen) atoms. The van der Waals surface area contributed by atoms with Crippen LogP contribution in [-0.4, -0.2) is 62.8 Å². The molecular weight excluding hydrogens is 482 g/mol. The molecule has 1 aliphatic carbocycles. The molecule has 2 atom stereocenters. The smallest absolute Gasteiger partial charge is 0.191 e. The second-order valence-corrected chi connectivity index (χ2v) is 7.20. The first-order chi connectivity index (χ1) is 12.7. The number of benzene rings is 1. The van der Waals surface area contributed by atoms with Gasteiger partial charge in [-0.25, -0.2) is 4.39 Å². The molecule has 2 N–H and O–H groups in total. The van der Waals surface area contributed by atoms with Crippen molar-refractivity contribution < 1.29 is 9.13 Å². The molecule has 1 aliphatic heterocycles. The maximum absolute atomic E-state index is 14.1. The Labute approximate surface area is 183 Å². The number of morpholine rings is 1. The molecule has 1 saturated carbocycles. The van der Waals surface area contributed by atoms with E-state index in [1.54, 1.807) is 12.1 Å². The minimum atomic E-state index is -0.223. The number of hydrogen-bond acceptors (Lipinski definition) is 3. The van der Waals surface area contributed by atoms with Gasteiger partial charge in [0.1, 0.15) is 5.82 Å². The Morgan fingerprint density at radius 2 is 2.15 bits per heavy atom. The molecule has 0 radical (unpaired) electrons. The summed E-state index contributed by atoms with van der Waals surface area (Å²) in [5.41, 5.74) is 0.620. The standard InChI is InChI=1S/C19H28ClFN4O.HI/c1-2-22-19(23-7-4-8-25-9-11-26-12-10-25)24-17-13-14(17)18-15(20)5-3-6-16(18)21;/h3,5-6,14,17H,2,4,7-13H2,1H3,(H2,22,23,24);1H. The monoisotopic (exact) mass is 510 g/mol. The second-order valence-electron chi connectivity index (χ2n) is 6.80. The highest BCUT2D eigenvalue weighted by Gasteiger charge is 2.41. The van der Waals surface area contributed by atoms with Crippen molar-refractivity contribution in [3.05, 3.63) is 34.6 Å². The first kappa shape index (κ1) is 22.6. The lowest BCUT2D eigenvalue weighted by atomic mass is 10.1. The van der Waals surface area contributed by atoms with E-state index in [0.29, 0.717) is 10.6 Å². The SMILES string of the molecule is CCNC(=NCCCN1CCOCC1)NC1CC1c1c(F)cccc1Cl.I. The van der Waals surface area contributed by atoms with Gasteiger partial charge in [0.2, 0.25) is 0 Å². The number of guanidine groups is 1. The average molecular weight is 511 g/mol. The molecule has 152 valence electrons. The quantitative estimate of drug-likeness (QED) is 0.256. The summed E-state index contributed by atoms with van der Waals surface area (Å²) < 4.78 is 19.4. The molecule has 0 bridgehead atoms. The van der Waals surface area contributed by atoms with Crippen LogP contribution in [0.3, 0.4) is 0 Å². The van der Waals surface area contributed by atoms with E-state index in [0.717, 1.165) is 64.7 Å². The first-order valence-electron chi connectivity index (χ1n) is 9.48. The van der Waals surface area contributed by atoms with Gasteiger partial charge in [0.15, 0.2) is 5.96 Å². The minimum Gasteiger partial charge on any atom is -0.379 e. The van der Waals surface area contributed by atoms with Crippen molar-refractivity contribution in [2.75, 3.05) is 45.9 Å². The number of aliphatic imine (C=N–C) groups is 1. The molecule has 1 aromatic carbocycles. The van der Waals surface area contributed by atoms with Crippen molar-refractivity contribution >= 4 is 41.5 Å². The Bertz CT molecular complexity index is 607. The topological polar surface area (TPSA) is 48.9 Å². The van der Waals surface area contributed by atoms with Gasteiger partial charge in [-0.1, -0.05) is 17.7 Å². The third-order valence-electron chi connectivity index (χ3n) is 4.83. The summed E-state index contributed by atoms with van der Waals surface area (Å²) in [7, 11) is 0. The summed E-state index contributed by atoms with van der Waals surface area (Å²) >= 11 is 6.18. The molecular formula is C19H29ClFIN4O. The zero-order chi connectivity index (χ0) is 18.4. The fourth-order valence-electron chi connectivity index (χ4n) is 3.34. The maximum Gasteiger partial charge on any atom is 0.191 e. The van der Waals surface area contributed by atoms with Gasteiger partial charge in [-0.3, -0.25) is 9.89 Å². The number of hydrogen-bond donors (Lipinski definition) is 2. The highest BCUT2D eigenvalue weighted by atomic mass is 127. The molecule has 0 spiro atoms. The van der Waals surface area contributed by atoms with Crippen LogP contribution in [-0.2, 0) is 4.74 Å². The summed E-state index contributed by atoms with van der Waals surface area (Å²) in [5.74, 6) is 0.689. The molecule has 3 rings (SSSR count). The Hall–Kier alpha value is -0.640. The lowest BCUT2D eigenvalue weighted by Crippen LogP contribution is -2.39. The van der Waals surface area contributed by atoms with Crippen molar-refractivity contribution in [2.45, 2.75) is 31.7 Å². The Balaban J connectivity index is 0.00000261. The van der Waals surface area contributed by atoms with Crippen molar-refractivity contribution in [1.29, 1.82) is 0 Å². The highest BCUT2D eigenvalue weighted by molar-refractivity contribution is 14.0. The van der Waals surface area contributed by atoms with Crippen LogP contribution in [0.25, 0.3) is 0 Å². The predicted octanol–water partition coefficient (Wildman–Crippen LogP) is 3.23. The molecule has 1 saturated heterocycles. The Morgan fingerprint density at radius 3 is 2.85 bits per heavy atom. The lowest BCUT2D eigenvalue weighted by Gasteiger charge is -2.26. The Morgan fingerprint density at radius 1 is 1.37 bits per heavy atom. The number of ether oxygens (including phenoxy) is 1. The third-order valence-corrected chi connectivity index (χ3v) is 5.16. The summed E-state index contributed by atoms with van der Waals surface area (Å²) in [6, 6.07) is 5.05. The van der Waals surface area contributed by atoms with E-state index in [4.69, 9.17) is 16.3 Å². The molecule has 1 aromatic rings. The van der Waals surface area contributed by atoms with E-state index < -0.39 is 0 Å². The lowest BCUT2D eigenvalue weighted by molar-refractivity contribution is 0.0377. The summed E-state index contributed by atoms with van der Waals surface area (Å²) in [6.45, 7) is 8.33. The van der Waals surface area contributed by atoms with Gasteiger partial charge in [0, 0.05) is 55.3 Å². The van der Waals surface area contributed by atoms with Crippen molar-refractivity contribution in [3.8, 4) is 0 Å². The van der Waals surface area contributed by atoms with E-state index in [1.807, 2.05) is 6.92 Å². The van der Waals surface area contributed by atoms with Gasteiger partial charge in [-0.15, -0.1) is 24.0 Å². The predicted molar refractivity (Wildman–Crippen MR) is 119 cm³/mol. The van der Waals surface area contributed by atoms with Crippen LogP contribution < -0.4 is 10.6 Å². The van der Waals surface area contributed by atoms with Crippen molar-refractivity contribution in [3.63, 3.8) is 0 Å². The summed E-state index contributed by atoms with van der Waals surface area (Å²) in [5, 5.41) is 7.19. The fourth-order valence-corrected chi connectivity index (χ4v) is 3.65. The van der Waals surface area contributed by atoms with E-state index in [1.165, 1.54) is 6.07 Å². The van der Waals surface area contributed by atoms with Gasteiger partial charge in [0.05, 0.1) is 13.2 Å². The van der Waals surface area contributed by atoms with Crippen LogP contribution in [0.15, 0.2) is 23.2 Å². The van der Waals surface area contributed by atoms with E-state index in [2.05, 4.69) is 20.5 Å². The maximum atomic E-state index is 14.1. The molecule has 1 heterocycles. The number of nitrogens with zero attached hydrogens (tertiary/aromatic N) is 2. The average Bonchev–Trinajstić information content (AvgIpc) is 3.38. The van der Waals surface area contributed by atoms with E-state index in [9.17, 15) is 4.39 Å².